The first-order valence-corrected chi connectivity index (χ1v) is 9.16. The van der Waals surface area contributed by atoms with Gasteiger partial charge < -0.3 is 10.2 Å². The fourth-order valence-corrected chi connectivity index (χ4v) is 3.30. The molecule has 5 nitrogen and oxygen atoms in total. The molecule has 5 heteroatoms. The molecule has 2 heterocycles. The number of hydrogen-bond acceptors (Lipinski definition) is 4. The van der Waals surface area contributed by atoms with Gasteiger partial charge in [-0.1, -0.05) is 31.2 Å². The van der Waals surface area contributed by atoms with Crippen molar-refractivity contribution in [2.24, 2.45) is 0 Å². The summed E-state index contributed by atoms with van der Waals surface area (Å²) in [6, 6.07) is 15.5. The lowest BCUT2D eigenvalue weighted by atomic mass is 10.1. The van der Waals surface area contributed by atoms with Crippen molar-refractivity contribution in [3.63, 3.8) is 0 Å². The van der Waals surface area contributed by atoms with Crippen LogP contribution in [-0.2, 0) is 6.42 Å². The molecule has 0 spiro atoms. The van der Waals surface area contributed by atoms with Gasteiger partial charge in [-0.25, -0.2) is 9.97 Å². The molecule has 4 rings (SSSR count). The predicted molar refractivity (Wildman–Crippen MR) is 105 cm³/mol. The van der Waals surface area contributed by atoms with Crippen LogP contribution in [0.4, 0.5) is 11.6 Å². The van der Waals surface area contributed by atoms with Crippen LogP contribution in [0.1, 0.15) is 35.7 Å². The van der Waals surface area contributed by atoms with Crippen molar-refractivity contribution >= 4 is 28.6 Å². The normalized spacial score (nSPS) is 14.0. The second-order valence-electron chi connectivity index (χ2n) is 6.58. The van der Waals surface area contributed by atoms with Crippen molar-refractivity contribution < 1.29 is 4.79 Å². The third-order valence-corrected chi connectivity index (χ3v) is 4.81. The van der Waals surface area contributed by atoms with Crippen LogP contribution in [0.5, 0.6) is 0 Å². The van der Waals surface area contributed by atoms with E-state index in [1.807, 2.05) is 48.5 Å². The zero-order valence-electron chi connectivity index (χ0n) is 14.9. The summed E-state index contributed by atoms with van der Waals surface area (Å²) in [7, 11) is 0. The number of amides is 1. The molecular formula is C21H22N4O. The summed E-state index contributed by atoms with van der Waals surface area (Å²) in [4.78, 5) is 24.4. The minimum absolute atomic E-state index is 0.155. The molecule has 0 atom stereocenters. The Kier molecular flexibility index (Phi) is 4.52. The van der Waals surface area contributed by atoms with Crippen LogP contribution in [0.3, 0.4) is 0 Å². The van der Waals surface area contributed by atoms with Crippen molar-refractivity contribution in [2.75, 3.05) is 23.3 Å². The first-order valence-electron chi connectivity index (χ1n) is 9.16. The summed E-state index contributed by atoms with van der Waals surface area (Å²) in [6.45, 7) is 3.99. The lowest BCUT2D eigenvalue weighted by Crippen LogP contribution is -2.23. The molecule has 132 valence electrons. The quantitative estimate of drug-likeness (QED) is 0.774. The van der Waals surface area contributed by atoms with E-state index < -0.39 is 0 Å². The second kappa shape index (κ2) is 7.12. The molecule has 1 aliphatic rings. The van der Waals surface area contributed by atoms with Crippen LogP contribution >= 0.6 is 0 Å². The summed E-state index contributed by atoms with van der Waals surface area (Å²) in [5.41, 5.74) is 3.47. The van der Waals surface area contributed by atoms with E-state index in [9.17, 15) is 4.79 Å². The third-order valence-electron chi connectivity index (χ3n) is 4.81. The van der Waals surface area contributed by atoms with E-state index in [4.69, 9.17) is 4.98 Å². The first kappa shape index (κ1) is 16.5. The summed E-state index contributed by atoms with van der Waals surface area (Å²) in [5, 5.41) is 2.98. The van der Waals surface area contributed by atoms with E-state index in [0.717, 1.165) is 49.2 Å². The van der Waals surface area contributed by atoms with E-state index in [1.165, 1.54) is 5.56 Å². The maximum atomic E-state index is 12.7. The van der Waals surface area contributed by atoms with Crippen LogP contribution in [0.2, 0.25) is 0 Å². The van der Waals surface area contributed by atoms with Gasteiger partial charge in [0.15, 0.2) is 11.6 Å². The van der Waals surface area contributed by atoms with Crippen molar-refractivity contribution in [3.05, 3.63) is 59.7 Å². The van der Waals surface area contributed by atoms with Crippen molar-refractivity contribution in [3.8, 4) is 0 Å². The number of para-hydroxylation sites is 2. The Bertz CT molecular complexity index is 930. The highest BCUT2D eigenvalue weighted by Gasteiger charge is 2.21. The van der Waals surface area contributed by atoms with E-state index in [1.54, 1.807) is 0 Å². The maximum absolute atomic E-state index is 12.7. The Labute approximate surface area is 153 Å². The standard InChI is InChI=1S/C21H22N4O/c1-2-15-9-11-16(12-10-15)21(26)24-19-20(25-13-5-6-14-25)23-18-8-4-3-7-17(18)22-19/h3-4,7-12H,2,5-6,13-14H2,1H3,(H,22,24,26). The molecular weight excluding hydrogens is 324 g/mol. The molecule has 0 aliphatic carbocycles. The fraction of sp³-hybridized carbons (Fsp3) is 0.286. The van der Waals surface area contributed by atoms with Crippen LogP contribution in [0.15, 0.2) is 48.5 Å². The van der Waals surface area contributed by atoms with Gasteiger partial charge in [-0.2, -0.15) is 0 Å². The largest absolute Gasteiger partial charge is 0.354 e. The highest BCUT2D eigenvalue weighted by atomic mass is 16.1. The average Bonchev–Trinajstić information content (AvgIpc) is 3.22. The summed E-state index contributed by atoms with van der Waals surface area (Å²) < 4.78 is 0. The Hall–Kier alpha value is -2.95. The average molecular weight is 346 g/mol. The van der Waals surface area contributed by atoms with Gasteiger partial charge in [0.2, 0.25) is 0 Å². The van der Waals surface area contributed by atoms with Gasteiger partial charge in [0.1, 0.15) is 0 Å². The molecule has 0 saturated carbocycles. The minimum Gasteiger partial charge on any atom is -0.354 e. The van der Waals surface area contributed by atoms with E-state index in [-0.39, 0.29) is 5.91 Å². The summed E-state index contributed by atoms with van der Waals surface area (Å²) >= 11 is 0. The van der Waals surface area contributed by atoms with Crippen molar-refractivity contribution in [1.29, 1.82) is 0 Å². The maximum Gasteiger partial charge on any atom is 0.256 e. The number of carbonyl (C=O) groups excluding carboxylic acids is 1. The Morgan fingerprint density at radius 3 is 2.31 bits per heavy atom. The number of carbonyl (C=O) groups is 1. The van der Waals surface area contributed by atoms with Gasteiger partial charge in [-0.05, 0) is 49.1 Å². The van der Waals surface area contributed by atoms with Crippen LogP contribution in [0.25, 0.3) is 11.0 Å². The zero-order chi connectivity index (χ0) is 17.9. The molecule has 2 aromatic carbocycles. The van der Waals surface area contributed by atoms with Crippen molar-refractivity contribution in [2.45, 2.75) is 26.2 Å². The number of benzene rings is 2. The zero-order valence-corrected chi connectivity index (χ0v) is 14.9. The summed E-state index contributed by atoms with van der Waals surface area (Å²) in [5.74, 6) is 1.15. The van der Waals surface area contributed by atoms with Crippen LogP contribution in [0, 0.1) is 0 Å². The Balaban J connectivity index is 1.69. The molecule has 1 aliphatic heterocycles. The van der Waals surface area contributed by atoms with Crippen LogP contribution in [-0.4, -0.2) is 29.0 Å². The van der Waals surface area contributed by atoms with E-state index in [2.05, 4.69) is 22.1 Å². The number of nitrogens with one attached hydrogen (secondary N) is 1. The van der Waals surface area contributed by atoms with E-state index >= 15 is 0 Å². The molecule has 26 heavy (non-hydrogen) atoms. The molecule has 1 amide bonds. The van der Waals surface area contributed by atoms with Crippen LogP contribution < -0.4 is 10.2 Å². The molecule has 1 N–H and O–H groups in total. The number of hydrogen-bond donors (Lipinski definition) is 1. The SMILES string of the molecule is CCc1ccc(C(=O)Nc2nc3ccccc3nc2N2CCCC2)cc1. The Morgan fingerprint density at radius 1 is 1.00 bits per heavy atom. The van der Waals surface area contributed by atoms with Gasteiger partial charge in [0.05, 0.1) is 11.0 Å². The number of rotatable bonds is 4. The van der Waals surface area contributed by atoms with Gasteiger partial charge in [-0.15, -0.1) is 0 Å². The molecule has 0 bridgehead atoms. The summed E-state index contributed by atoms with van der Waals surface area (Å²) in [6.07, 6.45) is 3.23. The highest BCUT2D eigenvalue weighted by Crippen LogP contribution is 2.28. The number of fused-ring (bicyclic) bond motifs is 1. The first-order chi connectivity index (χ1) is 12.7. The number of anilines is 2. The molecule has 1 fully saturated rings. The van der Waals surface area contributed by atoms with Gasteiger partial charge in [-0.3, -0.25) is 4.79 Å². The van der Waals surface area contributed by atoms with Gasteiger partial charge in [0, 0.05) is 18.7 Å². The fourth-order valence-electron chi connectivity index (χ4n) is 3.30. The number of aromatic nitrogens is 2. The minimum atomic E-state index is -0.155. The number of aryl methyl sites for hydroxylation is 1. The highest BCUT2D eigenvalue weighted by molar-refractivity contribution is 6.05. The molecule has 1 saturated heterocycles. The Morgan fingerprint density at radius 2 is 1.65 bits per heavy atom. The molecule has 1 aromatic heterocycles. The smallest absolute Gasteiger partial charge is 0.256 e. The second-order valence-corrected chi connectivity index (χ2v) is 6.58. The molecule has 0 radical (unpaired) electrons. The topological polar surface area (TPSA) is 58.1 Å². The van der Waals surface area contributed by atoms with E-state index in [0.29, 0.717) is 11.4 Å². The molecule has 3 aromatic rings. The number of nitrogens with zero attached hydrogens (tertiary/aromatic N) is 3. The van der Waals surface area contributed by atoms with Crippen molar-refractivity contribution in [1.82, 2.24) is 9.97 Å². The third kappa shape index (κ3) is 3.25. The van der Waals surface area contributed by atoms with Gasteiger partial charge in [0.25, 0.3) is 5.91 Å². The predicted octanol–water partition coefficient (Wildman–Crippen LogP) is 4.04. The molecule has 0 unspecified atom stereocenters. The lowest BCUT2D eigenvalue weighted by molar-refractivity contribution is 0.102. The lowest BCUT2D eigenvalue weighted by Gasteiger charge is -2.20. The monoisotopic (exact) mass is 346 g/mol. The van der Waals surface area contributed by atoms with Gasteiger partial charge >= 0.3 is 0 Å².